The van der Waals surface area contributed by atoms with Gasteiger partial charge in [0, 0.05) is 25.9 Å². The SMILES string of the molecule is CC(C)(C)c1cccc(C(C)(C)C)c1O.CC(C)(C)c1cccc(C(C)(C)C)c1O.CCC(=O)NCCCCCCNC(=O)CC. The summed E-state index contributed by atoms with van der Waals surface area (Å²) in [6.45, 7) is 30.7. The van der Waals surface area contributed by atoms with Gasteiger partial charge in [-0.25, -0.2) is 0 Å². The van der Waals surface area contributed by atoms with Crippen LogP contribution in [0.4, 0.5) is 0 Å². The molecule has 0 aliphatic heterocycles. The van der Waals surface area contributed by atoms with Crippen molar-refractivity contribution in [2.75, 3.05) is 13.1 Å². The van der Waals surface area contributed by atoms with E-state index < -0.39 is 0 Å². The number of phenols is 2. The average molecular weight is 641 g/mol. The zero-order valence-corrected chi connectivity index (χ0v) is 31.8. The first-order valence-electron chi connectivity index (χ1n) is 17.2. The molecule has 0 spiro atoms. The zero-order valence-electron chi connectivity index (χ0n) is 31.8. The summed E-state index contributed by atoms with van der Waals surface area (Å²) in [5.41, 5.74) is 4.06. The summed E-state index contributed by atoms with van der Waals surface area (Å²) in [4.78, 5) is 21.8. The number of carbonyl (C=O) groups is 2. The molecule has 2 aromatic carbocycles. The third-order valence-corrected chi connectivity index (χ3v) is 7.69. The van der Waals surface area contributed by atoms with E-state index in [9.17, 15) is 19.8 Å². The minimum Gasteiger partial charge on any atom is -0.507 e. The lowest BCUT2D eigenvalue weighted by Gasteiger charge is -2.26. The van der Waals surface area contributed by atoms with Crippen LogP contribution in [0.15, 0.2) is 36.4 Å². The van der Waals surface area contributed by atoms with Gasteiger partial charge in [-0.05, 0) is 56.8 Å². The number of hydrogen-bond donors (Lipinski definition) is 4. The maximum atomic E-state index is 10.9. The highest BCUT2D eigenvalue weighted by molar-refractivity contribution is 5.75. The van der Waals surface area contributed by atoms with Crippen molar-refractivity contribution in [3.63, 3.8) is 0 Å². The molecule has 0 saturated carbocycles. The average Bonchev–Trinajstić information content (AvgIpc) is 2.92. The second-order valence-electron chi connectivity index (χ2n) is 16.2. The van der Waals surface area contributed by atoms with Gasteiger partial charge >= 0.3 is 0 Å². The van der Waals surface area contributed by atoms with Gasteiger partial charge in [-0.15, -0.1) is 0 Å². The number of para-hydroxylation sites is 2. The van der Waals surface area contributed by atoms with E-state index >= 15 is 0 Å². The normalized spacial score (nSPS) is 11.9. The predicted octanol–water partition coefficient (Wildman–Crippen LogP) is 9.57. The van der Waals surface area contributed by atoms with E-state index in [-0.39, 0.29) is 33.5 Å². The predicted molar refractivity (Wildman–Crippen MR) is 196 cm³/mol. The fourth-order valence-corrected chi connectivity index (χ4v) is 4.82. The van der Waals surface area contributed by atoms with Crippen LogP contribution in [0.5, 0.6) is 11.5 Å². The van der Waals surface area contributed by atoms with E-state index in [0.717, 1.165) is 61.0 Å². The zero-order chi connectivity index (χ0) is 35.9. The van der Waals surface area contributed by atoms with Crippen LogP contribution >= 0.6 is 0 Å². The van der Waals surface area contributed by atoms with E-state index in [1.807, 2.05) is 50.2 Å². The maximum absolute atomic E-state index is 10.9. The number of nitrogens with one attached hydrogen (secondary N) is 2. The Labute approximate surface area is 282 Å². The van der Waals surface area contributed by atoms with Gasteiger partial charge in [0.1, 0.15) is 11.5 Å². The second-order valence-corrected chi connectivity index (χ2v) is 16.2. The first-order chi connectivity index (χ1) is 21.0. The van der Waals surface area contributed by atoms with Crippen LogP contribution in [-0.2, 0) is 31.2 Å². The monoisotopic (exact) mass is 641 g/mol. The Morgan fingerprint density at radius 3 is 0.935 bits per heavy atom. The van der Waals surface area contributed by atoms with E-state index in [0.29, 0.717) is 24.3 Å². The van der Waals surface area contributed by atoms with Gasteiger partial charge in [0.15, 0.2) is 0 Å². The quantitative estimate of drug-likeness (QED) is 0.205. The molecule has 0 bridgehead atoms. The highest BCUT2D eigenvalue weighted by Crippen LogP contribution is 2.39. The third-order valence-electron chi connectivity index (χ3n) is 7.69. The number of phenolic OH excluding ortho intramolecular Hbond substituents is 2. The summed E-state index contributed by atoms with van der Waals surface area (Å²) in [5, 5.41) is 26.2. The summed E-state index contributed by atoms with van der Waals surface area (Å²) in [6, 6.07) is 12.1. The van der Waals surface area contributed by atoms with Crippen molar-refractivity contribution in [1.29, 1.82) is 0 Å². The van der Waals surface area contributed by atoms with Gasteiger partial charge in [-0.3, -0.25) is 9.59 Å². The van der Waals surface area contributed by atoms with Crippen molar-refractivity contribution in [3.05, 3.63) is 58.7 Å². The molecule has 46 heavy (non-hydrogen) atoms. The third kappa shape index (κ3) is 16.0. The van der Waals surface area contributed by atoms with E-state index in [2.05, 4.69) is 93.7 Å². The molecule has 4 N–H and O–H groups in total. The molecule has 0 saturated heterocycles. The fraction of sp³-hybridized carbons (Fsp3) is 0.650. The van der Waals surface area contributed by atoms with E-state index in [1.165, 1.54) is 0 Å². The van der Waals surface area contributed by atoms with Crippen LogP contribution in [0, 0.1) is 0 Å². The van der Waals surface area contributed by atoms with Crippen LogP contribution < -0.4 is 10.6 Å². The number of aromatic hydroxyl groups is 2. The van der Waals surface area contributed by atoms with Crippen LogP contribution in [0.1, 0.15) is 158 Å². The molecule has 0 fully saturated rings. The van der Waals surface area contributed by atoms with Crippen LogP contribution in [0.25, 0.3) is 0 Å². The van der Waals surface area contributed by atoms with Crippen molar-refractivity contribution >= 4 is 11.8 Å². The van der Waals surface area contributed by atoms with Crippen molar-refractivity contribution in [2.24, 2.45) is 0 Å². The molecule has 0 unspecified atom stereocenters. The number of rotatable bonds is 9. The Hall–Kier alpha value is -3.02. The first kappa shape index (κ1) is 43.0. The van der Waals surface area contributed by atoms with E-state index in [4.69, 9.17) is 0 Å². The molecule has 2 aromatic rings. The number of carbonyl (C=O) groups excluding carboxylic acids is 2. The number of unbranched alkanes of at least 4 members (excludes halogenated alkanes) is 3. The molecule has 0 aliphatic carbocycles. The Balaban J connectivity index is 0.000000660. The Bertz CT molecular complexity index is 1050. The lowest BCUT2D eigenvalue weighted by Crippen LogP contribution is -2.24. The van der Waals surface area contributed by atoms with Gasteiger partial charge in [-0.1, -0.05) is 146 Å². The van der Waals surface area contributed by atoms with Crippen molar-refractivity contribution in [1.82, 2.24) is 10.6 Å². The second kappa shape index (κ2) is 19.0. The smallest absolute Gasteiger partial charge is 0.219 e. The van der Waals surface area contributed by atoms with Crippen molar-refractivity contribution < 1.29 is 19.8 Å². The Kier molecular flexibility index (Phi) is 17.7. The Morgan fingerprint density at radius 2 is 0.739 bits per heavy atom. The standard InChI is InChI=1S/2C14H22O.C12H24N2O2/c2*1-13(2,3)10-8-7-9-11(12(10)15)14(4,5)6;1-3-11(15)13-9-7-5-6-8-10-14-12(16)4-2/h2*7-9,15H,1-6H3;3-10H2,1-2H3,(H,13,15)(H,14,16). The van der Waals surface area contributed by atoms with Crippen LogP contribution in [0.2, 0.25) is 0 Å². The molecule has 0 heterocycles. The van der Waals surface area contributed by atoms with E-state index in [1.54, 1.807) is 0 Å². The number of benzene rings is 2. The minimum absolute atomic E-state index is 0.00859. The molecule has 0 radical (unpaired) electrons. The van der Waals surface area contributed by atoms with Crippen LogP contribution in [-0.4, -0.2) is 35.1 Å². The topological polar surface area (TPSA) is 98.7 Å². The molecule has 0 aliphatic rings. The van der Waals surface area contributed by atoms with Gasteiger partial charge in [0.25, 0.3) is 0 Å². The lowest BCUT2D eigenvalue weighted by molar-refractivity contribution is -0.121. The fourth-order valence-electron chi connectivity index (χ4n) is 4.82. The molecule has 6 nitrogen and oxygen atoms in total. The maximum Gasteiger partial charge on any atom is 0.219 e. The largest absolute Gasteiger partial charge is 0.507 e. The molecule has 2 amide bonds. The molecular weight excluding hydrogens is 572 g/mol. The lowest BCUT2D eigenvalue weighted by atomic mass is 9.79. The molecular formula is C40H68N2O4. The summed E-state index contributed by atoms with van der Waals surface area (Å²) in [6.07, 6.45) is 5.37. The minimum atomic E-state index is -0.00859. The molecule has 0 atom stereocenters. The first-order valence-corrected chi connectivity index (χ1v) is 17.2. The van der Waals surface area contributed by atoms with Crippen molar-refractivity contribution in [3.8, 4) is 11.5 Å². The highest BCUT2D eigenvalue weighted by atomic mass is 16.3. The highest BCUT2D eigenvalue weighted by Gasteiger charge is 2.25. The van der Waals surface area contributed by atoms with Gasteiger partial charge in [-0.2, -0.15) is 0 Å². The summed E-state index contributed by atoms with van der Waals surface area (Å²) in [7, 11) is 0. The summed E-state index contributed by atoms with van der Waals surface area (Å²) in [5.74, 6) is 1.15. The molecule has 6 heteroatoms. The van der Waals surface area contributed by atoms with Gasteiger partial charge in [0.2, 0.25) is 11.8 Å². The van der Waals surface area contributed by atoms with Crippen LogP contribution in [0.3, 0.4) is 0 Å². The molecule has 0 aromatic heterocycles. The number of hydrogen-bond acceptors (Lipinski definition) is 4. The van der Waals surface area contributed by atoms with Gasteiger partial charge in [0.05, 0.1) is 0 Å². The summed E-state index contributed by atoms with van der Waals surface area (Å²) < 4.78 is 0. The van der Waals surface area contributed by atoms with Gasteiger partial charge < -0.3 is 20.8 Å². The molecule has 262 valence electrons. The van der Waals surface area contributed by atoms with Crippen molar-refractivity contribution in [2.45, 2.75) is 157 Å². The Morgan fingerprint density at radius 1 is 0.500 bits per heavy atom. The summed E-state index contributed by atoms with van der Waals surface area (Å²) >= 11 is 0. The molecule has 2 rings (SSSR count). The number of amides is 2.